The third kappa shape index (κ3) is 7.42. The molecular weight excluding hydrogens is 606 g/mol. The molecule has 2 amide bonds. The predicted octanol–water partition coefficient (Wildman–Crippen LogP) is 4.68. The fourth-order valence-corrected chi connectivity index (χ4v) is 5.88. The van der Waals surface area contributed by atoms with Crippen LogP contribution in [0.1, 0.15) is 5.56 Å². The molecule has 0 saturated heterocycles. The minimum Gasteiger partial charge on any atom is -0.495 e. The van der Waals surface area contributed by atoms with Crippen LogP contribution in [0.4, 0.5) is 11.4 Å². The van der Waals surface area contributed by atoms with Gasteiger partial charge in [-0.25, -0.2) is 8.42 Å². The number of fused-ring (bicyclic) bond motifs is 1. The molecule has 1 heterocycles. The van der Waals surface area contributed by atoms with Crippen molar-refractivity contribution in [2.24, 2.45) is 0 Å². The number of nitrogens with one attached hydrogen (secondary N) is 2. The second-order valence-corrected chi connectivity index (χ2v) is 11.9. The molecule has 0 aliphatic carbocycles. The summed E-state index contributed by atoms with van der Waals surface area (Å²) in [6.45, 7) is 0.0937. The highest BCUT2D eigenvalue weighted by molar-refractivity contribution is 7.92. The molecule has 44 heavy (non-hydrogen) atoms. The highest BCUT2D eigenvalue weighted by Gasteiger charge is 2.33. The van der Waals surface area contributed by atoms with Crippen LogP contribution in [-0.2, 0) is 26.0 Å². The topological polar surface area (TPSA) is 123 Å². The number of sulfonamides is 1. The number of carbonyl (C=O) groups excluding carboxylic acids is 2. The van der Waals surface area contributed by atoms with Crippen molar-refractivity contribution < 1.29 is 32.2 Å². The van der Waals surface area contributed by atoms with E-state index >= 15 is 0 Å². The molecule has 0 fully saturated rings. The number of anilines is 2. The number of methoxy groups -OCH3 is 1. The second-order valence-electron chi connectivity index (χ2n) is 9.82. The number of amides is 2. The molecule has 1 aliphatic rings. The predicted molar refractivity (Wildman–Crippen MR) is 167 cm³/mol. The van der Waals surface area contributed by atoms with Crippen LogP contribution in [0.2, 0.25) is 5.02 Å². The van der Waals surface area contributed by atoms with Gasteiger partial charge in [0.1, 0.15) is 17.2 Å². The number of halogens is 1. The maximum Gasteiger partial charge on any atom is 0.265 e. The Hall–Kier alpha value is -4.74. The van der Waals surface area contributed by atoms with Crippen molar-refractivity contribution in [3.8, 4) is 17.2 Å². The van der Waals surface area contributed by atoms with Crippen molar-refractivity contribution in [1.29, 1.82) is 0 Å². The van der Waals surface area contributed by atoms with Gasteiger partial charge < -0.3 is 24.4 Å². The van der Waals surface area contributed by atoms with Crippen LogP contribution in [-0.4, -0.2) is 53.1 Å². The lowest BCUT2D eigenvalue weighted by Gasteiger charge is -2.34. The Morgan fingerprint density at radius 3 is 2.43 bits per heavy atom. The van der Waals surface area contributed by atoms with E-state index in [0.717, 1.165) is 5.56 Å². The molecule has 1 aliphatic heterocycles. The van der Waals surface area contributed by atoms with Crippen LogP contribution < -0.4 is 29.1 Å². The van der Waals surface area contributed by atoms with Crippen molar-refractivity contribution >= 4 is 44.8 Å². The van der Waals surface area contributed by atoms with Gasteiger partial charge in [0.2, 0.25) is 0 Å². The first-order valence-corrected chi connectivity index (χ1v) is 15.6. The average molecular weight is 636 g/mol. The molecule has 1 atom stereocenters. The molecule has 4 aromatic carbocycles. The standard InChI is InChI=1S/C32H30ClN3O7S/c1-41-28-16-11-23(19-26(28)33)35-44(39,40)25-14-12-24(13-15-25)42-21-31(37)36-20-30(43-29-10-6-5-9-27(29)36)32(38)34-18-17-22-7-3-2-4-8-22/h2-16,19,30,35H,17-18,20-21H2,1H3,(H,34,38)/t30-/m0/s1. The number of hydrogen-bond acceptors (Lipinski definition) is 7. The summed E-state index contributed by atoms with van der Waals surface area (Å²) in [5, 5.41) is 3.15. The van der Waals surface area contributed by atoms with E-state index in [-0.39, 0.29) is 34.7 Å². The summed E-state index contributed by atoms with van der Waals surface area (Å²) in [7, 11) is -2.45. The summed E-state index contributed by atoms with van der Waals surface area (Å²) in [5.74, 6) is 0.412. The number of benzene rings is 4. The molecule has 0 aromatic heterocycles. The van der Waals surface area contributed by atoms with Gasteiger partial charge in [0.25, 0.3) is 21.8 Å². The fraction of sp³-hybridized carbons (Fsp3) is 0.188. The van der Waals surface area contributed by atoms with E-state index < -0.39 is 22.0 Å². The van der Waals surface area contributed by atoms with Gasteiger partial charge in [-0.15, -0.1) is 0 Å². The van der Waals surface area contributed by atoms with Crippen molar-refractivity contribution in [3.63, 3.8) is 0 Å². The first-order chi connectivity index (χ1) is 21.2. The molecule has 0 unspecified atom stereocenters. The zero-order valence-corrected chi connectivity index (χ0v) is 25.3. The van der Waals surface area contributed by atoms with Gasteiger partial charge in [-0.05, 0) is 66.6 Å². The number of nitrogens with zero attached hydrogens (tertiary/aromatic N) is 1. The molecule has 0 saturated carbocycles. The lowest BCUT2D eigenvalue weighted by molar-refractivity contribution is -0.128. The Labute approximate surface area is 260 Å². The van der Waals surface area contributed by atoms with Crippen LogP contribution >= 0.6 is 11.6 Å². The monoisotopic (exact) mass is 635 g/mol. The maximum atomic E-state index is 13.3. The summed E-state index contributed by atoms with van der Waals surface area (Å²) < 4.78 is 44.9. The quantitative estimate of drug-likeness (QED) is 0.245. The average Bonchev–Trinajstić information content (AvgIpc) is 3.03. The van der Waals surface area contributed by atoms with E-state index in [0.29, 0.717) is 35.9 Å². The third-order valence-electron chi connectivity index (χ3n) is 6.82. The molecule has 12 heteroatoms. The summed E-state index contributed by atoms with van der Waals surface area (Å²) in [6, 6.07) is 27.0. The zero-order valence-electron chi connectivity index (χ0n) is 23.7. The SMILES string of the molecule is COc1ccc(NS(=O)(=O)c2ccc(OCC(=O)N3C[C@@H](C(=O)NCCc4ccccc4)Oc4ccccc43)cc2)cc1Cl. The van der Waals surface area contributed by atoms with Gasteiger partial charge in [0.15, 0.2) is 12.7 Å². The summed E-state index contributed by atoms with van der Waals surface area (Å²) in [6.07, 6.45) is -0.236. The van der Waals surface area contributed by atoms with Crippen molar-refractivity contribution in [2.75, 3.05) is 36.4 Å². The van der Waals surface area contributed by atoms with E-state index in [1.807, 2.05) is 30.3 Å². The molecule has 5 rings (SSSR count). The van der Waals surface area contributed by atoms with Crippen LogP contribution in [0.25, 0.3) is 0 Å². The molecule has 228 valence electrons. The lowest BCUT2D eigenvalue weighted by atomic mass is 10.1. The van der Waals surface area contributed by atoms with Gasteiger partial charge in [0.05, 0.1) is 34.9 Å². The van der Waals surface area contributed by atoms with Gasteiger partial charge in [-0.1, -0.05) is 54.1 Å². The summed E-state index contributed by atoms with van der Waals surface area (Å²) in [5.41, 5.74) is 1.90. The molecule has 10 nitrogen and oxygen atoms in total. The fourth-order valence-electron chi connectivity index (χ4n) is 4.58. The molecule has 0 radical (unpaired) electrons. The second kappa shape index (κ2) is 13.7. The minimum absolute atomic E-state index is 0.00802. The van der Waals surface area contributed by atoms with E-state index in [1.54, 1.807) is 30.3 Å². The third-order valence-corrected chi connectivity index (χ3v) is 8.52. The Kier molecular flexibility index (Phi) is 9.56. The van der Waals surface area contributed by atoms with Gasteiger partial charge in [-0.2, -0.15) is 0 Å². The number of rotatable bonds is 11. The molecule has 2 N–H and O–H groups in total. The smallest absolute Gasteiger partial charge is 0.265 e. The molecule has 4 aromatic rings. The Morgan fingerprint density at radius 1 is 0.977 bits per heavy atom. The Morgan fingerprint density at radius 2 is 1.70 bits per heavy atom. The molecule has 0 bridgehead atoms. The Bertz CT molecular complexity index is 1730. The van der Waals surface area contributed by atoms with E-state index in [4.69, 9.17) is 25.8 Å². The summed E-state index contributed by atoms with van der Waals surface area (Å²) in [4.78, 5) is 27.7. The number of para-hydroxylation sites is 2. The van der Waals surface area contributed by atoms with Crippen LogP contribution in [0.15, 0.2) is 102 Å². The number of hydrogen-bond donors (Lipinski definition) is 2. The lowest BCUT2D eigenvalue weighted by Crippen LogP contribution is -2.52. The van der Waals surface area contributed by atoms with E-state index in [2.05, 4.69) is 10.0 Å². The van der Waals surface area contributed by atoms with E-state index in [9.17, 15) is 18.0 Å². The number of ether oxygens (including phenoxy) is 3. The Balaban J connectivity index is 1.19. The molecule has 0 spiro atoms. The number of carbonyl (C=O) groups is 2. The highest BCUT2D eigenvalue weighted by Crippen LogP contribution is 2.33. The van der Waals surface area contributed by atoms with Crippen molar-refractivity contribution in [1.82, 2.24) is 5.32 Å². The van der Waals surface area contributed by atoms with E-state index in [1.165, 1.54) is 48.4 Å². The first kappa shape index (κ1) is 30.7. The maximum absolute atomic E-state index is 13.3. The van der Waals surface area contributed by atoms with Crippen molar-refractivity contribution in [3.05, 3.63) is 108 Å². The van der Waals surface area contributed by atoms with Gasteiger partial charge in [0, 0.05) is 6.54 Å². The van der Waals surface area contributed by atoms with Gasteiger partial charge in [-0.3, -0.25) is 14.3 Å². The first-order valence-electron chi connectivity index (χ1n) is 13.7. The normalized spacial score (nSPS) is 14.1. The van der Waals surface area contributed by atoms with Crippen LogP contribution in [0, 0.1) is 0 Å². The summed E-state index contributed by atoms with van der Waals surface area (Å²) >= 11 is 6.10. The largest absolute Gasteiger partial charge is 0.495 e. The highest BCUT2D eigenvalue weighted by atomic mass is 35.5. The van der Waals surface area contributed by atoms with Crippen LogP contribution in [0.3, 0.4) is 0 Å². The minimum atomic E-state index is -3.92. The van der Waals surface area contributed by atoms with Crippen molar-refractivity contribution in [2.45, 2.75) is 17.4 Å². The van der Waals surface area contributed by atoms with Crippen LogP contribution in [0.5, 0.6) is 17.2 Å². The van der Waals surface area contributed by atoms with Gasteiger partial charge >= 0.3 is 0 Å². The molecular formula is C32H30ClN3O7S. The zero-order chi connectivity index (χ0) is 31.1.